The Balaban J connectivity index is 2.59. The van der Waals surface area contributed by atoms with E-state index in [1.807, 2.05) is 0 Å². The Labute approximate surface area is 121 Å². The van der Waals surface area contributed by atoms with Crippen LogP contribution in [-0.4, -0.2) is 43.8 Å². The fourth-order valence-electron chi connectivity index (χ4n) is 3.41. The van der Waals surface area contributed by atoms with E-state index >= 15 is 0 Å². The number of halogens is 3. The van der Waals surface area contributed by atoms with Gasteiger partial charge in [-0.25, -0.2) is 0 Å². The van der Waals surface area contributed by atoms with Crippen LogP contribution in [0, 0.1) is 17.8 Å². The summed E-state index contributed by atoms with van der Waals surface area (Å²) in [5.41, 5.74) is 0. The van der Waals surface area contributed by atoms with Crippen LogP contribution < -0.4 is 5.32 Å². The van der Waals surface area contributed by atoms with Crippen molar-refractivity contribution in [2.45, 2.75) is 52.3 Å². The summed E-state index contributed by atoms with van der Waals surface area (Å²) >= 11 is 0. The minimum Gasteiger partial charge on any atom is -0.314 e. The molecule has 0 saturated heterocycles. The van der Waals surface area contributed by atoms with Crippen molar-refractivity contribution in [3.8, 4) is 0 Å². The van der Waals surface area contributed by atoms with Gasteiger partial charge in [-0.3, -0.25) is 4.90 Å². The number of nitrogens with one attached hydrogen (secondary N) is 1. The lowest BCUT2D eigenvalue weighted by Crippen LogP contribution is -2.47. The molecule has 1 N–H and O–H groups in total. The number of hydrogen-bond acceptors (Lipinski definition) is 2. The summed E-state index contributed by atoms with van der Waals surface area (Å²) in [5, 5.41) is 3.45. The third-order valence-electron chi connectivity index (χ3n) is 4.43. The molecule has 1 aliphatic carbocycles. The van der Waals surface area contributed by atoms with Crippen LogP contribution in [0.5, 0.6) is 0 Å². The molecule has 5 heteroatoms. The Morgan fingerprint density at radius 3 is 2.40 bits per heavy atom. The average molecular weight is 294 g/mol. The van der Waals surface area contributed by atoms with E-state index in [0.29, 0.717) is 30.3 Å². The van der Waals surface area contributed by atoms with Crippen LogP contribution in [0.1, 0.15) is 40.0 Å². The highest BCUT2D eigenvalue weighted by Crippen LogP contribution is 2.34. The standard InChI is InChI=1S/C15H29F3N2/c1-5-19-14-7-6-12(11(2)3)8-13(14)9-20(4)10-15(16,17)18/h11-14,19H,5-10H2,1-4H3. The van der Waals surface area contributed by atoms with Gasteiger partial charge in [-0.1, -0.05) is 20.8 Å². The van der Waals surface area contributed by atoms with Crippen molar-refractivity contribution in [3.63, 3.8) is 0 Å². The van der Waals surface area contributed by atoms with Gasteiger partial charge in [-0.2, -0.15) is 13.2 Å². The Morgan fingerprint density at radius 2 is 1.90 bits per heavy atom. The molecule has 0 amide bonds. The molecule has 1 fully saturated rings. The van der Waals surface area contributed by atoms with Crippen molar-refractivity contribution in [2.75, 3.05) is 26.7 Å². The second kappa shape index (κ2) is 7.64. The SMILES string of the molecule is CCNC1CCC(C(C)C)CC1CN(C)CC(F)(F)F. The highest BCUT2D eigenvalue weighted by molar-refractivity contribution is 4.87. The van der Waals surface area contributed by atoms with E-state index in [-0.39, 0.29) is 0 Å². The van der Waals surface area contributed by atoms with E-state index in [0.717, 1.165) is 19.4 Å². The molecule has 1 rings (SSSR count). The molecule has 20 heavy (non-hydrogen) atoms. The van der Waals surface area contributed by atoms with Gasteiger partial charge in [-0.15, -0.1) is 0 Å². The molecule has 120 valence electrons. The molecule has 2 nitrogen and oxygen atoms in total. The van der Waals surface area contributed by atoms with Crippen LogP contribution >= 0.6 is 0 Å². The number of alkyl halides is 3. The molecular weight excluding hydrogens is 265 g/mol. The van der Waals surface area contributed by atoms with Gasteiger partial charge < -0.3 is 5.32 Å². The zero-order chi connectivity index (χ0) is 15.3. The van der Waals surface area contributed by atoms with Gasteiger partial charge in [0.25, 0.3) is 0 Å². The average Bonchev–Trinajstić information content (AvgIpc) is 2.28. The highest BCUT2D eigenvalue weighted by Gasteiger charge is 2.34. The summed E-state index contributed by atoms with van der Waals surface area (Å²) in [6, 6.07) is 0.366. The van der Waals surface area contributed by atoms with E-state index < -0.39 is 12.7 Å². The summed E-state index contributed by atoms with van der Waals surface area (Å²) in [6.45, 7) is 7.10. The molecule has 0 aromatic rings. The van der Waals surface area contributed by atoms with Gasteiger partial charge >= 0.3 is 6.18 Å². The van der Waals surface area contributed by atoms with Crippen LogP contribution in [0.25, 0.3) is 0 Å². The van der Waals surface area contributed by atoms with Crippen LogP contribution in [-0.2, 0) is 0 Å². The zero-order valence-electron chi connectivity index (χ0n) is 13.1. The molecule has 0 spiro atoms. The van der Waals surface area contributed by atoms with Crippen molar-refractivity contribution < 1.29 is 13.2 Å². The van der Waals surface area contributed by atoms with Crippen LogP contribution in [0.15, 0.2) is 0 Å². The lowest BCUT2D eigenvalue weighted by molar-refractivity contribution is -0.144. The third kappa shape index (κ3) is 6.00. The van der Waals surface area contributed by atoms with Crippen molar-refractivity contribution in [2.24, 2.45) is 17.8 Å². The molecule has 0 aliphatic heterocycles. The largest absolute Gasteiger partial charge is 0.401 e. The van der Waals surface area contributed by atoms with Gasteiger partial charge in [0.15, 0.2) is 0 Å². The predicted octanol–water partition coefficient (Wildman–Crippen LogP) is 3.53. The van der Waals surface area contributed by atoms with Gasteiger partial charge in [0, 0.05) is 12.6 Å². The number of hydrogen-bond donors (Lipinski definition) is 1. The molecule has 0 aromatic heterocycles. The monoisotopic (exact) mass is 294 g/mol. The first-order valence-corrected chi connectivity index (χ1v) is 7.71. The van der Waals surface area contributed by atoms with E-state index in [1.54, 1.807) is 7.05 Å². The second-order valence-corrected chi connectivity index (χ2v) is 6.55. The fourth-order valence-corrected chi connectivity index (χ4v) is 3.41. The molecule has 0 aromatic carbocycles. The Hall–Kier alpha value is -0.290. The third-order valence-corrected chi connectivity index (χ3v) is 4.43. The van der Waals surface area contributed by atoms with E-state index in [1.165, 1.54) is 11.3 Å². The molecule has 3 unspecified atom stereocenters. The number of nitrogens with zero attached hydrogens (tertiary/aromatic N) is 1. The normalized spacial score (nSPS) is 28.4. The van der Waals surface area contributed by atoms with Gasteiger partial charge in [-0.05, 0) is 50.6 Å². The van der Waals surface area contributed by atoms with E-state index in [9.17, 15) is 13.2 Å². The molecule has 0 bridgehead atoms. The topological polar surface area (TPSA) is 15.3 Å². The van der Waals surface area contributed by atoms with Crippen molar-refractivity contribution >= 4 is 0 Å². The minimum atomic E-state index is -4.10. The predicted molar refractivity (Wildman–Crippen MR) is 76.7 cm³/mol. The van der Waals surface area contributed by atoms with Gasteiger partial charge in [0.05, 0.1) is 6.54 Å². The summed E-state index contributed by atoms with van der Waals surface area (Å²) in [6.07, 6.45) is -0.790. The fraction of sp³-hybridized carbons (Fsp3) is 1.00. The first kappa shape index (κ1) is 17.8. The zero-order valence-corrected chi connectivity index (χ0v) is 13.1. The molecule has 0 radical (unpaired) electrons. The van der Waals surface area contributed by atoms with E-state index in [4.69, 9.17) is 0 Å². The quantitative estimate of drug-likeness (QED) is 0.806. The molecular formula is C15H29F3N2. The lowest BCUT2D eigenvalue weighted by atomic mass is 9.73. The van der Waals surface area contributed by atoms with Crippen LogP contribution in [0.2, 0.25) is 0 Å². The first-order valence-electron chi connectivity index (χ1n) is 7.71. The summed E-state index contributed by atoms with van der Waals surface area (Å²) in [7, 11) is 1.58. The molecule has 1 saturated carbocycles. The van der Waals surface area contributed by atoms with E-state index in [2.05, 4.69) is 26.1 Å². The molecule has 1 aliphatic rings. The van der Waals surface area contributed by atoms with Crippen LogP contribution in [0.4, 0.5) is 13.2 Å². The number of rotatable bonds is 6. The maximum absolute atomic E-state index is 12.5. The summed E-state index contributed by atoms with van der Waals surface area (Å²) < 4.78 is 37.4. The highest BCUT2D eigenvalue weighted by atomic mass is 19.4. The van der Waals surface area contributed by atoms with Crippen molar-refractivity contribution in [1.82, 2.24) is 10.2 Å². The van der Waals surface area contributed by atoms with Crippen LogP contribution in [0.3, 0.4) is 0 Å². The van der Waals surface area contributed by atoms with Crippen molar-refractivity contribution in [3.05, 3.63) is 0 Å². The van der Waals surface area contributed by atoms with Crippen molar-refractivity contribution in [1.29, 1.82) is 0 Å². The molecule has 0 heterocycles. The molecule has 3 atom stereocenters. The smallest absolute Gasteiger partial charge is 0.314 e. The summed E-state index contributed by atoms with van der Waals surface area (Å²) in [4.78, 5) is 1.43. The maximum atomic E-state index is 12.5. The maximum Gasteiger partial charge on any atom is 0.401 e. The Bertz CT molecular complexity index is 279. The van der Waals surface area contributed by atoms with Gasteiger partial charge in [0.1, 0.15) is 0 Å². The first-order chi connectivity index (χ1) is 9.23. The Morgan fingerprint density at radius 1 is 1.25 bits per heavy atom. The minimum absolute atomic E-state index is 0.323. The Kier molecular flexibility index (Phi) is 6.79. The second-order valence-electron chi connectivity index (χ2n) is 6.55. The lowest BCUT2D eigenvalue weighted by Gasteiger charge is -2.40. The van der Waals surface area contributed by atoms with Gasteiger partial charge in [0.2, 0.25) is 0 Å². The summed E-state index contributed by atoms with van der Waals surface area (Å²) in [5.74, 6) is 1.59.